The Labute approximate surface area is 114 Å². The van der Waals surface area contributed by atoms with E-state index in [-0.39, 0.29) is 0 Å². The quantitative estimate of drug-likeness (QED) is 0.877. The van der Waals surface area contributed by atoms with Crippen LogP contribution in [0.3, 0.4) is 0 Å². The number of nitrogens with one attached hydrogen (secondary N) is 1. The van der Waals surface area contributed by atoms with Crippen molar-refractivity contribution in [2.75, 3.05) is 18.4 Å². The Bertz CT molecular complexity index is 412. The third-order valence-corrected chi connectivity index (χ3v) is 4.72. The van der Waals surface area contributed by atoms with Gasteiger partial charge in [-0.25, -0.2) is 0 Å². The molecule has 0 spiro atoms. The first-order valence-electron chi connectivity index (χ1n) is 7.01. The first-order chi connectivity index (χ1) is 8.75. The molecule has 2 aliphatic heterocycles. The zero-order valence-electron chi connectivity index (χ0n) is 11.0. The molecule has 0 saturated carbocycles. The van der Waals surface area contributed by atoms with E-state index in [1.165, 1.54) is 44.3 Å². The molecular formula is C15H21ClN2. The zero-order chi connectivity index (χ0) is 12.5. The number of fused-ring (bicyclic) bond motifs is 1. The lowest BCUT2D eigenvalue weighted by molar-refractivity contribution is 0.193. The van der Waals surface area contributed by atoms with E-state index in [1.54, 1.807) is 0 Å². The van der Waals surface area contributed by atoms with Gasteiger partial charge in [-0.05, 0) is 44.4 Å². The molecule has 3 rings (SSSR count). The van der Waals surface area contributed by atoms with E-state index in [9.17, 15) is 0 Å². The van der Waals surface area contributed by atoms with E-state index < -0.39 is 0 Å². The SMILES string of the molecule is Cc1cccc(Cl)c1NC1CCN2CCCCC12. The molecule has 2 saturated heterocycles. The van der Waals surface area contributed by atoms with Crippen LogP contribution in [0.15, 0.2) is 18.2 Å². The second-order valence-electron chi connectivity index (χ2n) is 5.57. The Morgan fingerprint density at radius 1 is 1.22 bits per heavy atom. The normalized spacial score (nSPS) is 28.1. The van der Waals surface area contributed by atoms with Gasteiger partial charge < -0.3 is 5.32 Å². The predicted octanol–water partition coefficient (Wildman–Crippen LogP) is 3.69. The van der Waals surface area contributed by atoms with Crippen LogP contribution in [0.1, 0.15) is 31.2 Å². The number of hydrogen-bond donors (Lipinski definition) is 1. The highest BCUT2D eigenvalue weighted by molar-refractivity contribution is 6.33. The van der Waals surface area contributed by atoms with Crippen LogP contribution < -0.4 is 5.32 Å². The number of nitrogens with zero attached hydrogens (tertiary/aromatic N) is 1. The summed E-state index contributed by atoms with van der Waals surface area (Å²) in [6.45, 7) is 4.65. The van der Waals surface area contributed by atoms with Crippen LogP contribution in [-0.2, 0) is 0 Å². The fourth-order valence-corrected chi connectivity index (χ4v) is 3.69. The van der Waals surface area contributed by atoms with Crippen molar-refractivity contribution in [1.29, 1.82) is 0 Å². The summed E-state index contributed by atoms with van der Waals surface area (Å²) >= 11 is 6.31. The maximum Gasteiger partial charge on any atom is 0.0640 e. The minimum absolute atomic E-state index is 0.573. The van der Waals surface area contributed by atoms with Crippen LogP contribution in [-0.4, -0.2) is 30.1 Å². The third kappa shape index (κ3) is 2.24. The van der Waals surface area contributed by atoms with Gasteiger partial charge in [0.15, 0.2) is 0 Å². The molecule has 2 nitrogen and oxygen atoms in total. The average Bonchev–Trinajstić information content (AvgIpc) is 2.77. The van der Waals surface area contributed by atoms with Crippen LogP contribution in [0.4, 0.5) is 5.69 Å². The highest BCUT2D eigenvalue weighted by atomic mass is 35.5. The van der Waals surface area contributed by atoms with Crippen LogP contribution >= 0.6 is 11.6 Å². The molecule has 0 bridgehead atoms. The lowest BCUT2D eigenvalue weighted by atomic mass is 9.98. The second kappa shape index (κ2) is 5.10. The standard InChI is InChI=1S/C15H21ClN2/c1-11-5-4-6-12(16)15(11)17-13-8-10-18-9-3-2-7-14(13)18/h4-6,13-14,17H,2-3,7-10H2,1H3. The molecule has 1 aromatic carbocycles. The molecule has 1 N–H and O–H groups in total. The smallest absolute Gasteiger partial charge is 0.0640 e. The van der Waals surface area contributed by atoms with Crippen molar-refractivity contribution in [2.45, 2.75) is 44.7 Å². The molecule has 0 aliphatic carbocycles. The summed E-state index contributed by atoms with van der Waals surface area (Å²) in [6, 6.07) is 7.41. The van der Waals surface area contributed by atoms with Crippen molar-refractivity contribution >= 4 is 17.3 Å². The second-order valence-corrected chi connectivity index (χ2v) is 5.98. The molecule has 2 fully saturated rings. The van der Waals surface area contributed by atoms with Crippen molar-refractivity contribution in [3.8, 4) is 0 Å². The number of para-hydroxylation sites is 1. The summed E-state index contributed by atoms with van der Waals surface area (Å²) in [4.78, 5) is 2.65. The summed E-state index contributed by atoms with van der Waals surface area (Å²) in [5.41, 5.74) is 2.38. The summed E-state index contributed by atoms with van der Waals surface area (Å²) < 4.78 is 0. The molecule has 2 aliphatic rings. The fraction of sp³-hybridized carbons (Fsp3) is 0.600. The lowest BCUT2D eigenvalue weighted by Gasteiger charge is -2.33. The van der Waals surface area contributed by atoms with Gasteiger partial charge >= 0.3 is 0 Å². The van der Waals surface area contributed by atoms with E-state index in [0.717, 1.165) is 16.8 Å². The topological polar surface area (TPSA) is 15.3 Å². The van der Waals surface area contributed by atoms with Gasteiger partial charge in [0, 0.05) is 18.6 Å². The van der Waals surface area contributed by atoms with Crippen LogP contribution in [0.5, 0.6) is 0 Å². The molecule has 0 radical (unpaired) electrons. The van der Waals surface area contributed by atoms with E-state index in [1.807, 2.05) is 12.1 Å². The maximum absolute atomic E-state index is 6.31. The molecule has 1 aromatic rings. The summed E-state index contributed by atoms with van der Waals surface area (Å²) in [5, 5.41) is 4.55. The van der Waals surface area contributed by atoms with Gasteiger partial charge in [0.1, 0.15) is 0 Å². The maximum atomic E-state index is 6.31. The Kier molecular flexibility index (Phi) is 3.49. The fourth-order valence-electron chi connectivity index (χ4n) is 3.42. The highest BCUT2D eigenvalue weighted by Gasteiger charge is 2.35. The molecule has 0 aromatic heterocycles. The van der Waals surface area contributed by atoms with Gasteiger partial charge in [0.2, 0.25) is 0 Å². The molecule has 3 heteroatoms. The number of piperidine rings is 1. The Morgan fingerprint density at radius 3 is 2.94 bits per heavy atom. The number of hydrogen-bond acceptors (Lipinski definition) is 2. The van der Waals surface area contributed by atoms with Gasteiger partial charge in [-0.3, -0.25) is 4.90 Å². The number of aryl methyl sites for hydroxylation is 1. The van der Waals surface area contributed by atoms with Gasteiger partial charge in [-0.2, -0.15) is 0 Å². The van der Waals surface area contributed by atoms with E-state index in [4.69, 9.17) is 11.6 Å². The number of halogens is 1. The number of rotatable bonds is 2. The Balaban J connectivity index is 1.76. The van der Waals surface area contributed by atoms with Crippen LogP contribution in [0.2, 0.25) is 5.02 Å². The van der Waals surface area contributed by atoms with Crippen LogP contribution in [0.25, 0.3) is 0 Å². The Hall–Kier alpha value is -0.730. The molecular weight excluding hydrogens is 244 g/mol. The molecule has 2 heterocycles. The van der Waals surface area contributed by atoms with Crippen molar-refractivity contribution in [2.24, 2.45) is 0 Å². The van der Waals surface area contributed by atoms with Gasteiger partial charge in [-0.15, -0.1) is 0 Å². The molecule has 2 unspecified atom stereocenters. The summed E-state index contributed by atoms with van der Waals surface area (Å²) in [6.07, 6.45) is 5.33. The largest absolute Gasteiger partial charge is 0.379 e. The minimum Gasteiger partial charge on any atom is -0.379 e. The monoisotopic (exact) mass is 264 g/mol. The zero-order valence-corrected chi connectivity index (χ0v) is 11.7. The summed E-state index contributed by atoms with van der Waals surface area (Å²) in [5.74, 6) is 0. The first-order valence-corrected chi connectivity index (χ1v) is 7.39. The van der Waals surface area contributed by atoms with Crippen molar-refractivity contribution in [3.63, 3.8) is 0 Å². The highest BCUT2D eigenvalue weighted by Crippen LogP contribution is 2.32. The lowest BCUT2D eigenvalue weighted by Crippen LogP contribution is -2.41. The van der Waals surface area contributed by atoms with Crippen LogP contribution in [0, 0.1) is 6.92 Å². The summed E-state index contributed by atoms with van der Waals surface area (Å²) in [7, 11) is 0. The Morgan fingerprint density at radius 2 is 2.11 bits per heavy atom. The van der Waals surface area contributed by atoms with E-state index >= 15 is 0 Å². The minimum atomic E-state index is 0.573. The first kappa shape index (κ1) is 12.3. The average molecular weight is 265 g/mol. The molecule has 2 atom stereocenters. The van der Waals surface area contributed by atoms with E-state index in [2.05, 4.69) is 23.2 Å². The van der Waals surface area contributed by atoms with Crippen molar-refractivity contribution in [3.05, 3.63) is 28.8 Å². The van der Waals surface area contributed by atoms with Gasteiger partial charge in [0.25, 0.3) is 0 Å². The van der Waals surface area contributed by atoms with E-state index in [0.29, 0.717) is 6.04 Å². The molecule has 18 heavy (non-hydrogen) atoms. The molecule has 98 valence electrons. The van der Waals surface area contributed by atoms with Crippen molar-refractivity contribution < 1.29 is 0 Å². The van der Waals surface area contributed by atoms with Gasteiger partial charge in [0.05, 0.1) is 10.7 Å². The van der Waals surface area contributed by atoms with Crippen molar-refractivity contribution in [1.82, 2.24) is 4.90 Å². The molecule has 0 amide bonds. The number of benzene rings is 1. The van der Waals surface area contributed by atoms with Gasteiger partial charge in [-0.1, -0.05) is 30.2 Å². The predicted molar refractivity (Wildman–Crippen MR) is 77.4 cm³/mol. The third-order valence-electron chi connectivity index (χ3n) is 4.41. The number of anilines is 1.